The number of amides is 2. The molecule has 190 valence electrons. The van der Waals surface area contributed by atoms with Crippen LogP contribution in [0.3, 0.4) is 0 Å². The first-order valence-electron chi connectivity index (χ1n) is 12.5. The zero-order chi connectivity index (χ0) is 25.8. The normalized spacial score (nSPS) is 14.8. The second kappa shape index (κ2) is 11.1. The molecule has 0 radical (unpaired) electrons. The highest BCUT2D eigenvalue weighted by molar-refractivity contribution is 6.30. The van der Waals surface area contributed by atoms with Crippen LogP contribution < -0.4 is 4.74 Å². The van der Waals surface area contributed by atoms with Crippen molar-refractivity contribution in [2.45, 2.75) is 45.3 Å². The van der Waals surface area contributed by atoms with E-state index in [2.05, 4.69) is 11.2 Å². The highest BCUT2D eigenvalue weighted by atomic mass is 35.5. The SMILES string of the molecule is N#Cc1ccc2c(c1)CCN(C(=O)c1cc3n(n1)CCCN(C(=O)CCCOc1ccc(Cl)cc1)C3)C2. The van der Waals surface area contributed by atoms with Crippen molar-refractivity contribution in [2.75, 3.05) is 19.7 Å². The van der Waals surface area contributed by atoms with Gasteiger partial charge in [0, 0.05) is 37.6 Å². The second-order valence-electron chi connectivity index (χ2n) is 9.39. The number of hydrogen-bond donors (Lipinski definition) is 0. The number of halogens is 1. The summed E-state index contributed by atoms with van der Waals surface area (Å²) < 4.78 is 7.56. The lowest BCUT2D eigenvalue weighted by Gasteiger charge is -2.28. The van der Waals surface area contributed by atoms with Crippen LogP contribution in [0.2, 0.25) is 5.02 Å². The Balaban J connectivity index is 1.17. The number of fused-ring (bicyclic) bond motifs is 2. The zero-order valence-electron chi connectivity index (χ0n) is 20.5. The van der Waals surface area contributed by atoms with Gasteiger partial charge in [0.05, 0.1) is 30.5 Å². The summed E-state index contributed by atoms with van der Waals surface area (Å²) in [6, 6.07) is 16.8. The van der Waals surface area contributed by atoms with Gasteiger partial charge in [-0.1, -0.05) is 17.7 Å². The van der Waals surface area contributed by atoms with Crippen LogP contribution in [-0.2, 0) is 30.8 Å². The maximum Gasteiger partial charge on any atom is 0.274 e. The lowest BCUT2D eigenvalue weighted by Crippen LogP contribution is -2.36. The molecule has 2 amide bonds. The van der Waals surface area contributed by atoms with Crippen LogP contribution in [0, 0.1) is 11.3 Å². The summed E-state index contributed by atoms with van der Waals surface area (Å²) in [6.07, 6.45) is 2.52. The average molecular weight is 518 g/mol. The van der Waals surface area contributed by atoms with E-state index < -0.39 is 0 Å². The van der Waals surface area contributed by atoms with Crippen molar-refractivity contribution < 1.29 is 14.3 Å². The summed E-state index contributed by atoms with van der Waals surface area (Å²) in [6.45, 7) is 3.32. The van der Waals surface area contributed by atoms with E-state index in [-0.39, 0.29) is 11.8 Å². The molecule has 0 bridgehead atoms. The van der Waals surface area contributed by atoms with Crippen molar-refractivity contribution in [3.05, 3.63) is 81.6 Å². The Morgan fingerprint density at radius 1 is 1.00 bits per heavy atom. The van der Waals surface area contributed by atoms with Crippen LogP contribution in [0.5, 0.6) is 5.75 Å². The number of aromatic nitrogens is 2. The van der Waals surface area contributed by atoms with E-state index in [0.717, 1.165) is 29.0 Å². The number of carbonyl (C=O) groups excluding carboxylic acids is 2. The van der Waals surface area contributed by atoms with Gasteiger partial charge in [0.1, 0.15) is 5.75 Å². The number of rotatable bonds is 6. The molecule has 5 rings (SSSR count). The van der Waals surface area contributed by atoms with Gasteiger partial charge < -0.3 is 14.5 Å². The molecule has 0 spiro atoms. The minimum atomic E-state index is -0.104. The largest absolute Gasteiger partial charge is 0.494 e. The maximum atomic E-state index is 13.3. The molecule has 2 aromatic carbocycles. The standard InChI is InChI=1S/C28H28ClN5O3/c29-23-6-8-25(9-7-23)37-14-1-3-27(35)32-11-2-12-34-24(19-32)16-26(31-34)28(36)33-13-10-21-15-20(17-30)4-5-22(21)18-33/h4-9,15-16H,1-3,10-14,18-19H2. The van der Waals surface area contributed by atoms with Crippen molar-refractivity contribution >= 4 is 23.4 Å². The number of ether oxygens (including phenoxy) is 1. The highest BCUT2D eigenvalue weighted by Crippen LogP contribution is 2.23. The monoisotopic (exact) mass is 517 g/mol. The first-order valence-corrected chi connectivity index (χ1v) is 12.9. The Bertz CT molecular complexity index is 1340. The zero-order valence-corrected chi connectivity index (χ0v) is 21.3. The Labute approximate surface area is 221 Å². The van der Waals surface area contributed by atoms with E-state index in [4.69, 9.17) is 21.6 Å². The van der Waals surface area contributed by atoms with Gasteiger partial charge in [0.2, 0.25) is 5.91 Å². The van der Waals surface area contributed by atoms with Gasteiger partial charge in [-0.05, 0) is 72.9 Å². The summed E-state index contributed by atoms with van der Waals surface area (Å²) in [7, 11) is 0. The minimum Gasteiger partial charge on any atom is -0.494 e. The third kappa shape index (κ3) is 5.78. The molecule has 3 aromatic rings. The fourth-order valence-corrected chi connectivity index (χ4v) is 4.97. The Hall–Kier alpha value is -3.83. The summed E-state index contributed by atoms with van der Waals surface area (Å²) in [5.41, 5.74) is 4.12. The third-order valence-electron chi connectivity index (χ3n) is 6.84. The lowest BCUT2D eigenvalue weighted by atomic mass is 9.97. The number of nitrogens with zero attached hydrogens (tertiary/aromatic N) is 5. The predicted molar refractivity (Wildman–Crippen MR) is 138 cm³/mol. The lowest BCUT2D eigenvalue weighted by molar-refractivity contribution is -0.132. The Morgan fingerprint density at radius 3 is 2.65 bits per heavy atom. The van der Waals surface area contributed by atoms with Crippen molar-refractivity contribution in [3.63, 3.8) is 0 Å². The first-order chi connectivity index (χ1) is 18.0. The van der Waals surface area contributed by atoms with Gasteiger partial charge in [-0.2, -0.15) is 10.4 Å². The third-order valence-corrected chi connectivity index (χ3v) is 7.09. The fraction of sp³-hybridized carbons (Fsp3) is 0.357. The van der Waals surface area contributed by atoms with Crippen molar-refractivity contribution in [2.24, 2.45) is 0 Å². The Kier molecular flexibility index (Phi) is 7.42. The van der Waals surface area contributed by atoms with Crippen molar-refractivity contribution in [1.82, 2.24) is 19.6 Å². The molecule has 9 heteroatoms. The Morgan fingerprint density at radius 2 is 1.84 bits per heavy atom. The fourth-order valence-electron chi connectivity index (χ4n) is 4.84. The number of aryl methyl sites for hydroxylation is 1. The minimum absolute atomic E-state index is 0.0756. The van der Waals surface area contributed by atoms with Gasteiger partial charge in [0.15, 0.2) is 5.69 Å². The molecule has 0 saturated carbocycles. The molecular weight excluding hydrogens is 490 g/mol. The van der Waals surface area contributed by atoms with E-state index >= 15 is 0 Å². The number of nitriles is 1. The van der Waals surface area contributed by atoms with Crippen LogP contribution in [0.25, 0.3) is 0 Å². The van der Waals surface area contributed by atoms with Crippen molar-refractivity contribution in [1.29, 1.82) is 5.26 Å². The van der Waals surface area contributed by atoms with Gasteiger partial charge >= 0.3 is 0 Å². The average Bonchev–Trinajstić information content (AvgIpc) is 3.22. The molecule has 0 aliphatic carbocycles. The van der Waals surface area contributed by atoms with Crippen LogP contribution >= 0.6 is 11.6 Å². The molecule has 2 aliphatic heterocycles. The van der Waals surface area contributed by atoms with E-state index in [1.807, 2.05) is 39.9 Å². The van der Waals surface area contributed by atoms with Crippen LogP contribution in [0.4, 0.5) is 0 Å². The summed E-state index contributed by atoms with van der Waals surface area (Å²) in [5, 5.41) is 14.4. The number of hydrogen-bond acceptors (Lipinski definition) is 5. The topological polar surface area (TPSA) is 91.5 Å². The molecule has 37 heavy (non-hydrogen) atoms. The van der Waals surface area contributed by atoms with Crippen LogP contribution in [0.15, 0.2) is 48.5 Å². The number of benzene rings is 2. The molecule has 0 N–H and O–H groups in total. The van der Waals surface area contributed by atoms with Crippen LogP contribution in [-0.4, -0.2) is 51.1 Å². The van der Waals surface area contributed by atoms with Gasteiger partial charge in [-0.25, -0.2) is 0 Å². The van der Waals surface area contributed by atoms with E-state index in [1.54, 1.807) is 23.1 Å². The van der Waals surface area contributed by atoms with E-state index in [1.165, 1.54) is 0 Å². The summed E-state index contributed by atoms with van der Waals surface area (Å²) in [4.78, 5) is 29.8. The van der Waals surface area contributed by atoms with Gasteiger partial charge in [-0.3, -0.25) is 14.3 Å². The molecule has 8 nitrogen and oxygen atoms in total. The van der Waals surface area contributed by atoms with Crippen LogP contribution in [0.1, 0.15) is 52.1 Å². The maximum absolute atomic E-state index is 13.3. The first kappa shape index (κ1) is 24.8. The van der Waals surface area contributed by atoms with Crippen molar-refractivity contribution in [3.8, 4) is 11.8 Å². The smallest absolute Gasteiger partial charge is 0.274 e. The molecule has 0 saturated heterocycles. The second-order valence-corrected chi connectivity index (χ2v) is 9.83. The highest BCUT2D eigenvalue weighted by Gasteiger charge is 2.27. The van der Waals surface area contributed by atoms with Gasteiger partial charge in [0.25, 0.3) is 5.91 Å². The van der Waals surface area contributed by atoms with Gasteiger partial charge in [-0.15, -0.1) is 0 Å². The van der Waals surface area contributed by atoms with E-state index in [9.17, 15) is 9.59 Å². The molecule has 1 aromatic heterocycles. The quantitative estimate of drug-likeness (QED) is 0.457. The molecule has 2 aliphatic rings. The molecule has 0 atom stereocenters. The summed E-state index contributed by atoms with van der Waals surface area (Å²) in [5.74, 6) is 0.705. The molecule has 0 unspecified atom stereocenters. The summed E-state index contributed by atoms with van der Waals surface area (Å²) >= 11 is 5.89. The molecule has 0 fully saturated rings. The molecule has 3 heterocycles. The predicted octanol–water partition coefficient (Wildman–Crippen LogP) is 4.20. The number of carbonyl (C=O) groups is 2. The van der Waals surface area contributed by atoms with E-state index in [0.29, 0.717) is 74.9 Å². The molecular formula is C28H28ClN5O3.